The van der Waals surface area contributed by atoms with E-state index in [1.165, 1.54) is 12.8 Å². The number of hydrogen-bond acceptors (Lipinski definition) is 7. The molecule has 3 fully saturated rings. The molecule has 5 heterocycles. The number of likely N-dealkylation sites (tertiary alicyclic amines) is 1. The quantitative estimate of drug-likeness (QED) is 0.332. The number of halogens is 1. The van der Waals surface area contributed by atoms with Gasteiger partial charge in [-0.05, 0) is 82.8 Å². The van der Waals surface area contributed by atoms with Crippen molar-refractivity contribution in [3.63, 3.8) is 0 Å². The van der Waals surface area contributed by atoms with Crippen molar-refractivity contribution in [1.29, 1.82) is 0 Å². The third kappa shape index (κ3) is 4.32. The van der Waals surface area contributed by atoms with Gasteiger partial charge in [-0.3, -0.25) is 5.10 Å². The van der Waals surface area contributed by atoms with Crippen LogP contribution >= 0.6 is 11.6 Å². The lowest BCUT2D eigenvalue weighted by atomic mass is 9.73. The number of nitrogens with one attached hydrogen (secondary N) is 2. The van der Waals surface area contributed by atoms with E-state index in [2.05, 4.69) is 57.5 Å². The Balaban J connectivity index is 1.44. The fourth-order valence-corrected chi connectivity index (χ4v) is 7.19. The van der Waals surface area contributed by atoms with Crippen molar-refractivity contribution < 1.29 is 4.74 Å². The van der Waals surface area contributed by atoms with E-state index in [1.54, 1.807) is 0 Å². The van der Waals surface area contributed by atoms with Crippen LogP contribution in [0.1, 0.15) is 49.9 Å². The summed E-state index contributed by atoms with van der Waals surface area (Å²) in [6, 6.07) is 6.26. The normalized spacial score (nSPS) is 19.9. The Bertz CT molecular complexity index is 1560. The summed E-state index contributed by atoms with van der Waals surface area (Å²) >= 11 is 7.21. The molecule has 8 nitrogen and oxygen atoms in total. The summed E-state index contributed by atoms with van der Waals surface area (Å²) in [4.78, 5) is 15.5. The standard InChI is InChI=1S/C31H38ClN7O/c1-4-40-28-26(25-19(2)5-6-24-22(25)16-34-37-24)23(32)15-21-27(28)35-29(20-7-11-38(3)12-8-20)36-30(21)39-13-9-31(10-14-39)17-33-18-31/h5-6,15-16,20,33H,4,7-14,17-18H2,1-3H3,(H,34,37). The first-order valence-corrected chi connectivity index (χ1v) is 15.1. The Kier molecular flexibility index (Phi) is 6.60. The first-order chi connectivity index (χ1) is 19.5. The van der Waals surface area contributed by atoms with Crippen molar-refractivity contribution in [2.24, 2.45) is 5.41 Å². The van der Waals surface area contributed by atoms with Crippen LogP contribution in [0, 0.1) is 12.3 Å². The Morgan fingerprint density at radius 2 is 1.82 bits per heavy atom. The molecule has 2 aromatic heterocycles. The smallest absolute Gasteiger partial charge is 0.155 e. The number of fused-ring (bicyclic) bond motifs is 2. The van der Waals surface area contributed by atoms with Gasteiger partial charge >= 0.3 is 0 Å². The Morgan fingerprint density at radius 3 is 2.52 bits per heavy atom. The fraction of sp³-hybridized carbons (Fsp3) is 0.516. The maximum Gasteiger partial charge on any atom is 0.155 e. The van der Waals surface area contributed by atoms with Crippen molar-refractivity contribution >= 4 is 39.2 Å². The Labute approximate surface area is 240 Å². The number of piperidine rings is 2. The largest absolute Gasteiger partial charge is 0.491 e. The first kappa shape index (κ1) is 26.0. The second-order valence-electron chi connectivity index (χ2n) is 12.1. The minimum atomic E-state index is 0.332. The zero-order valence-electron chi connectivity index (χ0n) is 23.7. The third-order valence-corrected chi connectivity index (χ3v) is 9.77. The molecule has 0 amide bonds. The molecule has 2 aromatic carbocycles. The lowest BCUT2D eigenvalue weighted by Crippen LogP contribution is -2.58. The van der Waals surface area contributed by atoms with Crippen LogP contribution in [0.3, 0.4) is 0 Å². The van der Waals surface area contributed by atoms with Crippen molar-refractivity contribution in [1.82, 2.24) is 30.4 Å². The highest BCUT2D eigenvalue weighted by atomic mass is 35.5. The lowest BCUT2D eigenvalue weighted by molar-refractivity contribution is 0.126. The summed E-state index contributed by atoms with van der Waals surface area (Å²) in [6.45, 7) is 11.0. The molecule has 2 N–H and O–H groups in total. The molecular formula is C31H38ClN7O. The molecule has 3 saturated heterocycles. The number of rotatable bonds is 5. The number of nitrogens with zero attached hydrogens (tertiary/aromatic N) is 5. The van der Waals surface area contributed by atoms with Gasteiger partial charge in [-0.2, -0.15) is 5.10 Å². The van der Waals surface area contributed by atoms with Gasteiger partial charge in [0.05, 0.1) is 23.3 Å². The maximum absolute atomic E-state index is 7.21. The van der Waals surface area contributed by atoms with E-state index < -0.39 is 0 Å². The first-order valence-electron chi connectivity index (χ1n) is 14.7. The number of H-pyrrole nitrogens is 1. The highest BCUT2D eigenvalue weighted by Gasteiger charge is 2.40. The maximum atomic E-state index is 7.21. The van der Waals surface area contributed by atoms with Crippen LogP contribution in [-0.4, -0.2) is 78.0 Å². The molecule has 4 aromatic rings. The van der Waals surface area contributed by atoms with E-state index in [0.717, 1.165) is 108 Å². The Hall–Kier alpha value is -2.94. The highest BCUT2D eigenvalue weighted by molar-refractivity contribution is 6.35. The van der Waals surface area contributed by atoms with Gasteiger partial charge in [0.25, 0.3) is 0 Å². The molecule has 0 radical (unpaired) electrons. The Morgan fingerprint density at radius 1 is 1.05 bits per heavy atom. The van der Waals surface area contributed by atoms with E-state index in [0.29, 0.717) is 23.0 Å². The van der Waals surface area contributed by atoms with E-state index in [4.69, 9.17) is 26.3 Å². The van der Waals surface area contributed by atoms with Crippen LogP contribution in [0.5, 0.6) is 5.75 Å². The topological polar surface area (TPSA) is 82.2 Å². The van der Waals surface area contributed by atoms with Crippen molar-refractivity contribution in [3.8, 4) is 16.9 Å². The minimum Gasteiger partial charge on any atom is -0.491 e. The lowest BCUT2D eigenvalue weighted by Gasteiger charge is -2.48. The number of benzene rings is 2. The van der Waals surface area contributed by atoms with Crippen molar-refractivity contribution in [2.45, 2.75) is 45.4 Å². The number of hydrogen-bond donors (Lipinski definition) is 2. The monoisotopic (exact) mass is 559 g/mol. The number of aromatic amines is 1. The second-order valence-corrected chi connectivity index (χ2v) is 12.5. The van der Waals surface area contributed by atoms with Crippen LogP contribution in [0.15, 0.2) is 24.4 Å². The van der Waals surface area contributed by atoms with E-state index in [9.17, 15) is 0 Å². The van der Waals surface area contributed by atoms with Crippen LogP contribution in [0.2, 0.25) is 5.02 Å². The second kappa shape index (κ2) is 10.2. The fourth-order valence-electron chi connectivity index (χ4n) is 6.90. The number of aromatic nitrogens is 4. The number of aryl methyl sites for hydroxylation is 1. The molecule has 7 rings (SSSR count). The predicted octanol–water partition coefficient (Wildman–Crippen LogP) is 5.53. The molecule has 9 heteroatoms. The van der Waals surface area contributed by atoms with Gasteiger partial charge in [-0.15, -0.1) is 0 Å². The SMILES string of the molecule is CCOc1c(-c2c(C)ccc3[nH]ncc23)c(Cl)cc2c(N3CCC4(CC3)CNC4)nc(C3CCN(C)CC3)nc12. The minimum absolute atomic E-state index is 0.332. The molecule has 40 heavy (non-hydrogen) atoms. The van der Waals surface area contributed by atoms with Gasteiger partial charge in [0, 0.05) is 54.0 Å². The third-order valence-electron chi connectivity index (χ3n) is 9.47. The summed E-state index contributed by atoms with van der Waals surface area (Å²) in [5.41, 5.74) is 5.35. The van der Waals surface area contributed by atoms with Crippen LogP contribution in [0.25, 0.3) is 32.9 Å². The summed E-state index contributed by atoms with van der Waals surface area (Å²) in [6.07, 6.45) is 6.37. The average molecular weight is 560 g/mol. The number of ether oxygens (including phenoxy) is 1. The van der Waals surface area contributed by atoms with Crippen LogP contribution in [0.4, 0.5) is 5.82 Å². The molecular weight excluding hydrogens is 522 g/mol. The number of anilines is 1. The van der Waals surface area contributed by atoms with Crippen molar-refractivity contribution in [3.05, 3.63) is 40.8 Å². The molecule has 0 atom stereocenters. The van der Waals surface area contributed by atoms with Gasteiger partial charge < -0.3 is 19.9 Å². The van der Waals surface area contributed by atoms with Crippen LogP contribution in [-0.2, 0) is 0 Å². The molecule has 0 saturated carbocycles. The molecule has 210 valence electrons. The van der Waals surface area contributed by atoms with Crippen molar-refractivity contribution in [2.75, 3.05) is 57.8 Å². The van der Waals surface area contributed by atoms with Gasteiger partial charge in [-0.25, -0.2) is 9.97 Å². The summed E-state index contributed by atoms with van der Waals surface area (Å²) in [7, 11) is 2.20. The summed E-state index contributed by atoms with van der Waals surface area (Å²) in [5, 5.41) is 13.6. The van der Waals surface area contributed by atoms with E-state index >= 15 is 0 Å². The highest BCUT2D eigenvalue weighted by Crippen LogP contribution is 2.48. The molecule has 3 aliphatic rings. The zero-order chi connectivity index (χ0) is 27.4. The van der Waals surface area contributed by atoms with E-state index in [-0.39, 0.29) is 0 Å². The molecule has 0 unspecified atom stereocenters. The van der Waals surface area contributed by atoms with Gasteiger partial charge in [0.15, 0.2) is 5.75 Å². The molecule has 0 aliphatic carbocycles. The molecule has 0 bridgehead atoms. The van der Waals surface area contributed by atoms with Crippen LogP contribution < -0.4 is 15.0 Å². The zero-order valence-corrected chi connectivity index (χ0v) is 24.4. The van der Waals surface area contributed by atoms with E-state index in [1.807, 2.05) is 13.1 Å². The molecule has 1 spiro atoms. The van der Waals surface area contributed by atoms with Gasteiger partial charge in [0.1, 0.15) is 17.2 Å². The summed E-state index contributed by atoms with van der Waals surface area (Å²) in [5.74, 6) is 3.03. The summed E-state index contributed by atoms with van der Waals surface area (Å²) < 4.78 is 6.49. The predicted molar refractivity (Wildman–Crippen MR) is 162 cm³/mol. The molecule has 3 aliphatic heterocycles. The van der Waals surface area contributed by atoms with Gasteiger partial charge in [0.2, 0.25) is 0 Å². The average Bonchev–Trinajstić information content (AvgIpc) is 3.42. The van der Waals surface area contributed by atoms with Gasteiger partial charge in [-0.1, -0.05) is 17.7 Å².